The minimum Gasteiger partial charge on any atom is -0.458 e. The Balaban J connectivity index is 1.72. The average molecular weight is 271 g/mol. The van der Waals surface area contributed by atoms with Crippen molar-refractivity contribution in [2.75, 3.05) is 13.1 Å². The summed E-state index contributed by atoms with van der Waals surface area (Å²) in [5, 5.41) is 12.2. The Bertz CT molecular complexity index is 647. The van der Waals surface area contributed by atoms with E-state index in [0.717, 1.165) is 41.7 Å². The van der Waals surface area contributed by atoms with Gasteiger partial charge in [0.1, 0.15) is 16.9 Å². The summed E-state index contributed by atoms with van der Waals surface area (Å²) in [5.41, 5.74) is 1.28. The molecule has 2 aromatic rings. The standard InChI is InChI=1S/C17H21NO2/c1-12-4-2-5-13-10-15(20-16(12)13)17(19)7-9-18-8-3-6-14(18)11-17/h2,4-5,10,14,19H,3,6-9,11H2,1H3. The highest BCUT2D eigenvalue weighted by Gasteiger charge is 2.43. The molecule has 0 amide bonds. The third-order valence-electron chi connectivity index (χ3n) is 5.08. The molecule has 3 heterocycles. The molecule has 0 aliphatic carbocycles. The predicted molar refractivity (Wildman–Crippen MR) is 78.7 cm³/mol. The zero-order valence-electron chi connectivity index (χ0n) is 11.9. The molecule has 20 heavy (non-hydrogen) atoms. The van der Waals surface area contributed by atoms with Crippen LogP contribution in [0.3, 0.4) is 0 Å². The topological polar surface area (TPSA) is 36.6 Å². The van der Waals surface area contributed by atoms with Crippen molar-refractivity contribution in [1.82, 2.24) is 4.90 Å². The predicted octanol–water partition coefficient (Wildman–Crippen LogP) is 3.19. The minimum absolute atomic E-state index is 0.531. The van der Waals surface area contributed by atoms with Gasteiger partial charge < -0.3 is 14.4 Å². The molecule has 0 saturated carbocycles. The lowest BCUT2D eigenvalue weighted by Gasteiger charge is -2.39. The molecule has 2 saturated heterocycles. The molecule has 3 heteroatoms. The van der Waals surface area contributed by atoms with Crippen LogP contribution in [0, 0.1) is 6.92 Å². The van der Waals surface area contributed by atoms with Crippen LogP contribution in [0.2, 0.25) is 0 Å². The maximum Gasteiger partial charge on any atom is 0.137 e. The number of fused-ring (bicyclic) bond motifs is 2. The van der Waals surface area contributed by atoms with Crippen molar-refractivity contribution in [2.45, 2.75) is 44.2 Å². The number of aliphatic hydroxyl groups is 1. The Morgan fingerprint density at radius 1 is 1.35 bits per heavy atom. The van der Waals surface area contributed by atoms with Crippen LogP contribution in [0.25, 0.3) is 11.0 Å². The summed E-state index contributed by atoms with van der Waals surface area (Å²) in [6.07, 6.45) is 4.07. The molecule has 2 aliphatic rings. The van der Waals surface area contributed by atoms with Crippen molar-refractivity contribution < 1.29 is 9.52 Å². The number of aryl methyl sites for hydroxylation is 1. The first-order valence-corrected chi connectivity index (χ1v) is 7.62. The summed E-state index contributed by atoms with van der Waals surface area (Å²) in [4.78, 5) is 2.52. The lowest BCUT2D eigenvalue weighted by atomic mass is 9.84. The molecule has 0 radical (unpaired) electrons. The van der Waals surface area contributed by atoms with E-state index in [-0.39, 0.29) is 0 Å². The molecule has 1 aromatic heterocycles. The zero-order chi connectivity index (χ0) is 13.7. The molecular weight excluding hydrogens is 250 g/mol. The number of hydrogen-bond donors (Lipinski definition) is 1. The molecule has 2 atom stereocenters. The summed E-state index contributed by atoms with van der Waals surface area (Å²) in [7, 11) is 0. The molecule has 2 unspecified atom stereocenters. The highest BCUT2D eigenvalue weighted by atomic mass is 16.4. The van der Waals surface area contributed by atoms with E-state index in [0.29, 0.717) is 6.04 Å². The van der Waals surface area contributed by atoms with E-state index in [1.165, 1.54) is 19.4 Å². The molecule has 106 valence electrons. The van der Waals surface area contributed by atoms with Gasteiger partial charge >= 0.3 is 0 Å². The van der Waals surface area contributed by atoms with Crippen LogP contribution in [0.15, 0.2) is 28.7 Å². The number of para-hydroxylation sites is 1. The lowest BCUT2D eigenvalue weighted by molar-refractivity contribution is -0.0549. The summed E-state index contributed by atoms with van der Waals surface area (Å²) in [5.74, 6) is 0.758. The quantitative estimate of drug-likeness (QED) is 0.865. The Morgan fingerprint density at radius 3 is 3.10 bits per heavy atom. The fourth-order valence-corrected chi connectivity index (χ4v) is 3.90. The number of piperidine rings is 1. The first-order valence-electron chi connectivity index (χ1n) is 7.62. The van der Waals surface area contributed by atoms with Gasteiger partial charge in [-0.2, -0.15) is 0 Å². The molecule has 4 rings (SSSR count). The van der Waals surface area contributed by atoms with Crippen LogP contribution in [0.5, 0.6) is 0 Å². The SMILES string of the molecule is Cc1cccc2cc(C3(O)CCN4CCCC4C3)oc12. The maximum atomic E-state index is 11.1. The third kappa shape index (κ3) is 1.80. The Labute approximate surface area is 119 Å². The first kappa shape index (κ1) is 12.4. The lowest BCUT2D eigenvalue weighted by Crippen LogP contribution is -2.45. The Kier molecular flexibility index (Phi) is 2.69. The second-order valence-electron chi connectivity index (χ2n) is 6.42. The molecule has 2 fully saturated rings. The number of nitrogens with zero attached hydrogens (tertiary/aromatic N) is 1. The number of hydrogen-bond acceptors (Lipinski definition) is 3. The van der Waals surface area contributed by atoms with Crippen LogP contribution < -0.4 is 0 Å². The fraction of sp³-hybridized carbons (Fsp3) is 0.529. The summed E-state index contributed by atoms with van der Waals surface area (Å²) < 4.78 is 6.02. The smallest absolute Gasteiger partial charge is 0.137 e. The van der Waals surface area contributed by atoms with Gasteiger partial charge in [-0.3, -0.25) is 0 Å². The molecule has 3 nitrogen and oxygen atoms in total. The number of benzene rings is 1. The van der Waals surface area contributed by atoms with Gasteiger partial charge in [0.25, 0.3) is 0 Å². The summed E-state index contributed by atoms with van der Waals surface area (Å²) in [6.45, 7) is 4.23. The van der Waals surface area contributed by atoms with Crippen molar-refractivity contribution >= 4 is 11.0 Å². The van der Waals surface area contributed by atoms with Gasteiger partial charge in [-0.15, -0.1) is 0 Å². The fourth-order valence-electron chi connectivity index (χ4n) is 3.90. The maximum absolute atomic E-state index is 11.1. The molecule has 1 N–H and O–H groups in total. The van der Waals surface area contributed by atoms with E-state index in [1.807, 2.05) is 12.1 Å². The molecule has 0 bridgehead atoms. The van der Waals surface area contributed by atoms with Gasteiger partial charge in [0.15, 0.2) is 0 Å². The van der Waals surface area contributed by atoms with Crippen LogP contribution in [0.4, 0.5) is 0 Å². The van der Waals surface area contributed by atoms with E-state index in [9.17, 15) is 5.11 Å². The average Bonchev–Trinajstić information content (AvgIpc) is 3.04. The molecule has 2 aliphatic heterocycles. The first-order chi connectivity index (χ1) is 9.66. The van der Waals surface area contributed by atoms with Gasteiger partial charge in [0.05, 0.1) is 0 Å². The van der Waals surface area contributed by atoms with Gasteiger partial charge in [-0.1, -0.05) is 18.2 Å². The van der Waals surface area contributed by atoms with Gasteiger partial charge in [-0.05, 0) is 50.8 Å². The van der Waals surface area contributed by atoms with E-state index in [1.54, 1.807) is 0 Å². The van der Waals surface area contributed by atoms with Crippen LogP contribution in [-0.2, 0) is 5.60 Å². The largest absolute Gasteiger partial charge is 0.458 e. The zero-order valence-corrected chi connectivity index (χ0v) is 11.9. The van der Waals surface area contributed by atoms with E-state index >= 15 is 0 Å². The van der Waals surface area contributed by atoms with Gasteiger partial charge in [0, 0.05) is 18.0 Å². The Hall–Kier alpha value is -1.32. The highest BCUT2D eigenvalue weighted by molar-refractivity contribution is 5.81. The third-order valence-corrected chi connectivity index (χ3v) is 5.08. The normalized spacial score (nSPS) is 30.8. The van der Waals surface area contributed by atoms with Crippen molar-refractivity contribution in [3.63, 3.8) is 0 Å². The van der Waals surface area contributed by atoms with Crippen molar-refractivity contribution in [3.05, 3.63) is 35.6 Å². The second-order valence-corrected chi connectivity index (χ2v) is 6.42. The molecule has 0 spiro atoms. The summed E-state index contributed by atoms with van der Waals surface area (Å²) in [6, 6.07) is 8.72. The molecular formula is C17H21NO2. The monoisotopic (exact) mass is 271 g/mol. The second kappa shape index (κ2) is 4.34. The highest BCUT2D eigenvalue weighted by Crippen LogP contribution is 2.41. The minimum atomic E-state index is -0.781. The van der Waals surface area contributed by atoms with Crippen molar-refractivity contribution in [2.24, 2.45) is 0 Å². The Morgan fingerprint density at radius 2 is 2.25 bits per heavy atom. The number of furan rings is 1. The van der Waals surface area contributed by atoms with Crippen molar-refractivity contribution in [1.29, 1.82) is 0 Å². The van der Waals surface area contributed by atoms with Crippen molar-refractivity contribution in [3.8, 4) is 0 Å². The van der Waals surface area contributed by atoms with E-state index in [4.69, 9.17) is 4.42 Å². The van der Waals surface area contributed by atoms with Crippen LogP contribution in [0.1, 0.15) is 37.0 Å². The number of rotatable bonds is 1. The van der Waals surface area contributed by atoms with E-state index < -0.39 is 5.60 Å². The van der Waals surface area contributed by atoms with Gasteiger partial charge in [-0.25, -0.2) is 0 Å². The van der Waals surface area contributed by atoms with E-state index in [2.05, 4.69) is 24.0 Å². The van der Waals surface area contributed by atoms with Crippen LogP contribution in [-0.4, -0.2) is 29.1 Å². The van der Waals surface area contributed by atoms with Gasteiger partial charge in [0.2, 0.25) is 0 Å². The summed E-state index contributed by atoms with van der Waals surface area (Å²) >= 11 is 0. The molecule has 1 aromatic carbocycles. The van der Waals surface area contributed by atoms with Crippen LogP contribution >= 0.6 is 0 Å².